The number of nitrogens with zero attached hydrogens (tertiary/aromatic N) is 2. The lowest BCUT2D eigenvalue weighted by Gasteiger charge is -2.16. The second-order valence-corrected chi connectivity index (χ2v) is 4.21. The molecule has 0 aliphatic heterocycles. The van der Waals surface area contributed by atoms with Gasteiger partial charge in [0.2, 0.25) is 0 Å². The molecule has 0 saturated carbocycles. The van der Waals surface area contributed by atoms with Gasteiger partial charge in [-0.15, -0.1) is 0 Å². The van der Waals surface area contributed by atoms with E-state index in [0.717, 1.165) is 24.6 Å². The summed E-state index contributed by atoms with van der Waals surface area (Å²) in [6.07, 6.45) is 3.87. The molecule has 3 heteroatoms. The quantitative estimate of drug-likeness (QED) is 0.718. The summed E-state index contributed by atoms with van der Waals surface area (Å²) in [4.78, 5) is 6.84. The summed E-state index contributed by atoms with van der Waals surface area (Å²) in [5, 5.41) is 3.06. The minimum atomic E-state index is 0.930. The molecule has 0 spiro atoms. The van der Waals surface area contributed by atoms with Crippen LogP contribution in [-0.4, -0.2) is 30.5 Å². The molecule has 0 amide bonds. The van der Waals surface area contributed by atoms with Crippen molar-refractivity contribution in [3.63, 3.8) is 0 Å². The number of anilines is 1. The fourth-order valence-electron chi connectivity index (χ4n) is 1.69. The molecule has 1 heterocycles. The van der Waals surface area contributed by atoms with Gasteiger partial charge in [0.25, 0.3) is 0 Å². The van der Waals surface area contributed by atoms with Crippen LogP contribution in [0.4, 0.5) is 5.82 Å². The molecule has 1 aromatic rings. The number of unbranched alkanes of at least 4 members (excludes halogenated alkanes) is 2. The van der Waals surface area contributed by atoms with Gasteiger partial charge in [-0.25, -0.2) is 4.98 Å². The van der Waals surface area contributed by atoms with Gasteiger partial charge in [0.1, 0.15) is 5.82 Å². The van der Waals surface area contributed by atoms with Gasteiger partial charge < -0.3 is 10.2 Å². The van der Waals surface area contributed by atoms with Crippen LogP contribution in [0.25, 0.3) is 0 Å². The monoisotopic (exact) mass is 221 g/mol. The minimum absolute atomic E-state index is 0.930. The molecular formula is C13H23N3. The van der Waals surface area contributed by atoms with Crippen molar-refractivity contribution in [3.05, 3.63) is 23.9 Å². The van der Waals surface area contributed by atoms with Gasteiger partial charge in [0.05, 0.1) is 5.69 Å². The molecule has 0 aliphatic rings. The van der Waals surface area contributed by atoms with E-state index < -0.39 is 0 Å². The van der Waals surface area contributed by atoms with Crippen molar-refractivity contribution in [3.8, 4) is 0 Å². The summed E-state index contributed by atoms with van der Waals surface area (Å²) >= 11 is 0. The van der Waals surface area contributed by atoms with E-state index in [9.17, 15) is 0 Å². The van der Waals surface area contributed by atoms with Gasteiger partial charge in [-0.2, -0.15) is 0 Å². The van der Waals surface area contributed by atoms with E-state index in [4.69, 9.17) is 0 Å². The van der Waals surface area contributed by atoms with Gasteiger partial charge in [-0.1, -0.05) is 25.8 Å². The Morgan fingerprint density at radius 1 is 1.31 bits per heavy atom. The number of rotatable bonds is 7. The third kappa shape index (κ3) is 4.62. The smallest absolute Gasteiger partial charge is 0.126 e. The largest absolute Gasteiger partial charge is 0.373 e. The van der Waals surface area contributed by atoms with E-state index >= 15 is 0 Å². The molecule has 90 valence electrons. The molecule has 0 unspecified atom stereocenters. The third-order valence-corrected chi connectivity index (χ3v) is 2.64. The average Bonchev–Trinajstić information content (AvgIpc) is 2.29. The summed E-state index contributed by atoms with van der Waals surface area (Å²) < 4.78 is 0. The van der Waals surface area contributed by atoms with Gasteiger partial charge in [-0.05, 0) is 32.1 Å². The molecule has 0 aromatic carbocycles. The standard InChI is InChI=1S/C13H23N3/c1-4-5-6-10-16(3)11-12-8-7-9-13(14-2)15-12/h7-9H,4-6,10-11H2,1-3H3,(H,14,15). The Morgan fingerprint density at radius 2 is 2.12 bits per heavy atom. The molecule has 0 saturated heterocycles. The number of aromatic nitrogens is 1. The van der Waals surface area contributed by atoms with E-state index in [1.165, 1.54) is 19.3 Å². The highest BCUT2D eigenvalue weighted by Gasteiger charge is 2.01. The Balaban J connectivity index is 2.39. The van der Waals surface area contributed by atoms with Gasteiger partial charge in [0, 0.05) is 13.6 Å². The van der Waals surface area contributed by atoms with E-state index in [1.807, 2.05) is 19.2 Å². The molecule has 3 nitrogen and oxygen atoms in total. The first-order valence-electron chi connectivity index (χ1n) is 6.08. The van der Waals surface area contributed by atoms with Crippen LogP contribution in [0.2, 0.25) is 0 Å². The second-order valence-electron chi connectivity index (χ2n) is 4.21. The number of pyridine rings is 1. The van der Waals surface area contributed by atoms with E-state index in [1.54, 1.807) is 0 Å². The maximum absolute atomic E-state index is 4.51. The topological polar surface area (TPSA) is 28.2 Å². The van der Waals surface area contributed by atoms with Crippen molar-refractivity contribution in [1.29, 1.82) is 0 Å². The Hall–Kier alpha value is -1.09. The van der Waals surface area contributed by atoms with Crippen molar-refractivity contribution >= 4 is 5.82 Å². The first-order chi connectivity index (χ1) is 7.76. The summed E-state index contributed by atoms with van der Waals surface area (Å²) in [6.45, 7) is 4.32. The lowest BCUT2D eigenvalue weighted by atomic mass is 10.2. The highest BCUT2D eigenvalue weighted by Crippen LogP contribution is 2.06. The molecule has 1 aromatic heterocycles. The van der Waals surface area contributed by atoms with Gasteiger partial charge >= 0.3 is 0 Å². The molecule has 0 bridgehead atoms. The molecule has 0 atom stereocenters. The molecule has 0 radical (unpaired) electrons. The molecule has 1 N–H and O–H groups in total. The van der Waals surface area contributed by atoms with Crippen LogP contribution in [0.5, 0.6) is 0 Å². The van der Waals surface area contributed by atoms with Gasteiger partial charge in [0.15, 0.2) is 0 Å². The Labute approximate surface area is 98.9 Å². The summed E-state index contributed by atoms with van der Waals surface area (Å²) in [7, 11) is 4.06. The van der Waals surface area contributed by atoms with E-state index in [-0.39, 0.29) is 0 Å². The van der Waals surface area contributed by atoms with Crippen molar-refractivity contribution in [2.75, 3.05) is 26.0 Å². The van der Waals surface area contributed by atoms with E-state index in [0.29, 0.717) is 0 Å². The first kappa shape index (κ1) is 13.0. The zero-order chi connectivity index (χ0) is 11.8. The molecule has 16 heavy (non-hydrogen) atoms. The SMILES string of the molecule is CCCCCN(C)Cc1cccc(NC)n1. The average molecular weight is 221 g/mol. The van der Waals surface area contributed by atoms with Crippen LogP contribution in [0.1, 0.15) is 31.9 Å². The lowest BCUT2D eigenvalue weighted by molar-refractivity contribution is 0.314. The highest BCUT2D eigenvalue weighted by atomic mass is 15.1. The van der Waals surface area contributed by atoms with Gasteiger partial charge in [-0.3, -0.25) is 0 Å². The number of hydrogen-bond acceptors (Lipinski definition) is 3. The highest BCUT2D eigenvalue weighted by molar-refractivity contribution is 5.34. The molecule has 0 fully saturated rings. The number of nitrogens with one attached hydrogen (secondary N) is 1. The maximum Gasteiger partial charge on any atom is 0.126 e. The van der Waals surface area contributed by atoms with E-state index in [2.05, 4.69) is 35.2 Å². The lowest BCUT2D eigenvalue weighted by Crippen LogP contribution is -2.19. The van der Waals surface area contributed by atoms with Crippen LogP contribution in [0.3, 0.4) is 0 Å². The third-order valence-electron chi connectivity index (χ3n) is 2.64. The summed E-state index contributed by atoms with van der Waals surface area (Å²) in [6, 6.07) is 6.12. The van der Waals surface area contributed by atoms with Crippen LogP contribution in [-0.2, 0) is 6.54 Å². The molecular weight excluding hydrogens is 198 g/mol. The Kier molecular flexibility index (Phi) is 5.86. The predicted molar refractivity (Wildman–Crippen MR) is 69.6 cm³/mol. The fraction of sp³-hybridized carbons (Fsp3) is 0.615. The normalized spacial score (nSPS) is 10.8. The van der Waals surface area contributed by atoms with Crippen LogP contribution < -0.4 is 5.32 Å². The van der Waals surface area contributed by atoms with Crippen LogP contribution >= 0.6 is 0 Å². The zero-order valence-electron chi connectivity index (χ0n) is 10.7. The van der Waals surface area contributed by atoms with Crippen molar-refractivity contribution in [2.45, 2.75) is 32.7 Å². The van der Waals surface area contributed by atoms with Crippen LogP contribution in [0, 0.1) is 0 Å². The van der Waals surface area contributed by atoms with Crippen LogP contribution in [0.15, 0.2) is 18.2 Å². The first-order valence-corrected chi connectivity index (χ1v) is 6.08. The predicted octanol–water partition coefficient (Wildman–Crippen LogP) is 2.75. The zero-order valence-corrected chi connectivity index (χ0v) is 10.7. The fourth-order valence-corrected chi connectivity index (χ4v) is 1.69. The van der Waals surface area contributed by atoms with Crippen molar-refractivity contribution in [2.24, 2.45) is 0 Å². The molecule has 0 aliphatic carbocycles. The number of hydrogen-bond donors (Lipinski definition) is 1. The Morgan fingerprint density at radius 3 is 2.81 bits per heavy atom. The summed E-state index contributed by atoms with van der Waals surface area (Å²) in [5.41, 5.74) is 1.13. The maximum atomic E-state index is 4.51. The Bertz CT molecular complexity index is 299. The van der Waals surface area contributed by atoms with Crippen molar-refractivity contribution in [1.82, 2.24) is 9.88 Å². The van der Waals surface area contributed by atoms with Crippen molar-refractivity contribution < 1.29 is 0 Å². The summed E-state index contributed by atoms with van der Waals surface area (Å²) in [5.74, 6) is 0.944. The minimum Gasteiger partial charge on any atom is -0.373 e. The second kappa shape index (κ2) is 7.23. The molecule has 1 rings (SSSR count).